The van der Waals surface area contributed by atoms with E-state index in [0.29, 0.717) is 6.04 Å². The summed E-state index contributed by atoms with van der Waals surface area (Å²) in [4.78, 5) is 6.65. The van der Waals surface area contributed by atoms with E-state index in [4.69, 9.17) is 0 Å². The van der Waals surface area contributed by atoms with Gasteiger partial charge in [-0.05, 0) is 30.0 Å². The van der Waals surface area contributed by atoms with Gasteiger partial charge < -0.3 is 10.2 Å². The molecule has 2 rings (SSSR count). The van der Waals surface area contributed by atoms with Crippen molar-refractivity contribution in [3.05, 3.63) is 30.1 Å². The van der Waals surface area contributed by atoms with Crippen molar-refractivity contribution in [2.75, 3.05) is 26.2 Å². The number of hydrogen-bond acceptors (Lipinski definition) is 3. The molecule has 0 saturated carbocycles. The Morgan fingerprint density at radius 1 is 1.44 bits per heavy atom. The molecule has 0 amide bonds. The van der Waals surface area contributed by atoms with Crippen molar-refractivity contribution < 1.29 is 0 Å². The normalized spacial score (nSPS) is 22.9. The molecule has 1 aliphatic heterocycles. The summed E-state index contributed by atoms with van der Waals surface area (Å²) in [5.74, 6) is 0.772. The summed E-state index contributed by atoms with van der Waals surface area (Å²) in [5.41, 5.74) is 1.39. The number of rotatable bonds is 5. The van der Waals surface area contributed by atoms with Crippen LogP contribution in [-0.4, -0.2) is 42.1 Å². The van der Waals surface area contributed by atoms with E-state index in [-0.39, 0.29) is 0 Å². The minimum absolute atomic E-state index is 0.668. The molecule has 1 saturated heterocycles. The highest BCUT2D eigenvalue weighted by molar-refractivity contribution is 5.10. The molecule has 3 heteroatoms. The number of aromatic nitrogens is 1. The molecule has 3 nitrogen and oxygen atoms in total. The lowest BCUT2D eigenvalue weighted by Crippen LogP contribution is -2.53. The van der Waals surface area contributed by atoms with Gasteiger partial charge in [-0.2, -0.15) is 0 Å². The maximum Gasteiger partial charge on any atom is 0.0270 e. The third kappa shape index (κ3) is 3.79. The van der Waals surface area contributed by atoms with Crippen molar-refractivity contribution in [2.24, 2.45) is 5.92 Å². The zero-order valence-electron chi connectivity index (χ0n) is 11.6. The second-order valence-corrected chi connectivity index (χ2v) is 5.35. The lowest BCUT2D eigenvalue weighted by atomic mass is 9.97. The molecule has 2 heterocycles. The molecule has 0 radical (unpaired) electrons. The fraction of sp³-hybridized carbons (Fsp3) is 0.667. The van der Waals surface area contributed by atoms with Crippen molar-refractivity contribution in [2.45, 2.75) is 32.7 Å². The average Bonchev–Trinajstić information content (AvgIpc) is 2.45. The summed E-state index contributed by atoms with van der Waals surface area (Å²) >= 11 is 0. The minimum Gasteiger partial charge on any atom is -0.311 e. The van der Waals surface area contributed by atoms with E-state index in [2.05, 4.69) is 41.2 Å². The summed E-state index contributed by atoms with van der Waals surface area (Å²) in [5, 5.41) is 3.65. The summed E-state index contributed by atoms with van der Waals surface area (Å²) in [6, 6.07) is 4.91. The number of pyridine rings is 1. The van der Waals surface area contributed by atoms with Crippen molar-refractivity contribution in [1.82, 2.24) is 15.2 Å². The smallest absolute Gasteiger partial charge is 0.0270 e. The van der Waals surface area contributed by atoms with Crippen LogP contribution in [0.25, 0.3) is 0 Å². The van der Waals surface area contributed by atoms with Gasteiger partial charge in [0.15, 0.2) is 0 Å². The molecular weight excluding hydrogens is 222 g/mol. The second-order valence-electron chi connectivity index (χ2n) is 5.35. The van der Waals surface area contributed by atoms with E-state index < -0.39 is 0 Å². The summed E-state index contributed by atoms with van der Waals surface area (Å²) < 4.78 is 0. The van der Waals surface area contributed by atoms with Crippen LogP contribution in [0.3, 0.4) is 0 Å². The first-order valence-corrected chi connectivity index (χ1v) is 7.14. The predicted octanol–water partition coefficient (Wildman–Crippen LogP) is 1.94. The van der Waals surface area contributed by atoms with E-state index in [0.717, 1.165) is 18.9 Å². The Hall–Kier alpha value is -0.930. The number of nitrogens with zero attached hydrogens (tertiary/aromatic N) is 2. The van der Waals surface area contributed by atoms with Crippen LogP contribution in [0.15, 0.2) is 24.5 Å². The Morgan fingerprint density at radius 3 is 2.94 bits per heavy atom. The number of piperazine rings is 1. The van der Waals surface area contributed by atoms with Gasteiger partial charge in [-0.3, -0.25) is 4.98 Å². The molecule has 1 N–H and O–H groups in total. The van der Waals surface area contributed by atoms with Crippen LogP contribution in [0.5, 0.6) is 0 Å². The average molecular weight is 247 g/mol. The lowest BCUT2D eigenvalue weighted by Gasteiger charge is -2.36. The summed E-state index contributed by atoms with van der Waals surface area (Å²) in [6.45, 7) is 9.30. The van der Waals surface area contributed by atoms with Gasteiger partial charge in [0.25, 0.3) is 0 Å². The Morgan fingerprint density at radius 2 is 2.22 bits per heavy atom. The van der Waals surface area contributed by atoms with Gasteiger partial charge >= 0.3 is 0 Å². The van der Waals surface area contributed by atoms with E-state index in [1.807, 2.05) is 12.4 Å². The van der Waals surface area contributed by atoms with E-state index in [1.165, 1.54) is 31.6 Å². The Kier molecular flexibility index (Phi) is 5.14. The van der Waals surface area contributed by atoms with Gasteiger partial charge in [-0.1, -0.05) is 20.3 Å². The first-order valence-electron chi connectivity index (χ1n) is 7.14. The van der Waals surface area contributed by atoms with E-state index in [1.54, 1.807) is 0 Å². The molecule has 2 atom stereocenters. The van der Waals surface area contributed by atoms with Gasteiger partial charge in [-0.25, -0.2) is 0 Å². The minimum atomic E-state index is 0.668. The molecule has 2 unspecified atom stereocenters. The standard InChI is InChI=1S/C15H25N3/c1-3-13(2)15-12-18(11-9-17-15)10-6-14-4-7-16-8-5-14/h4-5,7-8,13,15,17H,3,6,9-12H2,1-2H3. The fourth-order valence-corrected chi connectivity index (χ4v) is 2.55. The molecule has 1 aliphatic rings. The third-order valence-electron chi connectivity index (χ3n) is 4.09. The number of nitrogens with one attached hydrogen (secondary N) is 1. The first-order chi connectivity index (χ1) is 8.79. The molecule has 0 bridgehead atoms. The highest BCUT2D eigenvalue weighted by Crippen LogP contribution is 2.12. The van der Waals surface area contributed by atoms with Crippen molar-refractivity contribution >= 4 is 0 Å². The van der Waals surface area contributed by atoms with Crippen molar-refractivity contribution in [1.29, 1.82) is 0 Å². The van der Waals surface area contributed by atoms with Crippen LogP contribution in [0.2, 0.25) is 0 Å². The molecular formula is C15H25N3. The molecule has 0 aliphatic carbocycles. The molecule has 1 aromatic heterocycles. The van der Waals surface area contributed by atoms with Crippen molar-refractivity contribution in [3.63, 3.8) is 0 Å². The summed E-state index contributed by atoms with van der Waals surface area (Å²) in [6.07, 6.45) is 6.16. The monoisotopic (exact) mass is 247 g/mol. The molecule has 0 spiro atoms. The van der Waals surface area contributed by atoms with Crippen LogP contribution in [-0.2, 0) is 6.42 Å². The molecule has 1 fully saturated rings. The van der Waals surface area contributed by atoms with Crippen LogP contribution in [0.4, 0.5) is 0 Å². The number of hydrogen-bond donors (Lipinski definition) is 1. The quantitative estimate of drug-likeness (QED) is 0.862. The summed E-state index contributed by atoms with van der Waals surface area (Å²) in [7, 11) is 0. The predicted molar refractivity (Wildman–Crippen MR) is 75.6 cm³/mol. The highest BCUT2D eigenvalue weighted by Gasteiger charge is 2.22. The SMILES string of the molecule is CCC(C)C1CN(CCc2ccncc2)CCN1. The first kappa shape index (κ1) is 13.5. The van der Waals surface area contributed by atoms with Crippen LogP contribution < -0.4 is 5.32 Å². The van der Waals surface area contributed by atoms with Crippen LogP contribution in [0.1, 0.15) is 25.8 Å². The Bertz CT molecular complexity index is 339. The fourth-order valence-electron chi connectivity index (χ4n) is 2.55. The zero-order chi connectivity index (χ0) is 12.8. The largest absolute Gasteiger partial charge is 0.311 e. The highest BCUT2D eigenvalue weighted by atomic mass is 15.2. The second kappa shape index (κ2) is 6.86. The zero-order valence-corrected chi connectivity index (χ0v) is 11.6. The van der Waals surface area contributed by atoms with Gasteiger partial charge in [0, 0.05) is 44.6 Å². The molecule has 100 valence electrons. The topological polar surface area (TPSA) is 28.2 Å². The van der Waals surface area contributed by atoms with Crippen LogP contribution >= 0.6 is 0 Å². The van der Waals surface area contributed by atoms with Gasteiger partial charge in [0.05, 0.1) is 0 Å². The molecule has 1 aromatic rings. The van der Waals surface area contributed by atoms with E-state index >= 15 is 0 Å². The Balaban J connectivity index is 1.79. The molecule has 0 aromatic carbocycles. The molecule has 18 heavy (non-hydrogen) atoms. The lowest BCUT2D eigenvalue weighted by molar-refractivity contribution is 0.170. The van der Waals surface area contributed by atoms with Gasteiger partial charge in [-0.15, -0.1) is 0 Å². The maximum atomic E-state index is 4.06. The van der Waals surface area contributed by atoms with Gasteiger partial charge in [0.1, 0.15) is 0 Å². The van der Waals surface area contributed by atoms with Crippen LogP contribution in [0, 0.1) is 5.92 Å². The Labute approximate surface area is 111 Å². The maximum absolute atomic E-state index is 4.06. The van der Waals surface area contributed by atoms with E-state index in [9.17, 15) is 0 Å². The van der Waals surface area contributed by atoms with Crippen molar-refractivity contribution in [3.8, 4) is 0 Å². The van der Waals surface area contributed by atoms with Gasteiger partial charge in [0.2, 0.25) is 0 Å². The third-order valence-corrected chi connectivity index (χ3v) is 4.09.